The molecule has 0 radical (unpaired) electrons. The summed E-state index contributed by atoms with van der Waals surface area (Å²) in [4.78, 5) is 12.3. The Bertz CT molecular complexity index is 752. The summed E-state index contributed by atoms with van der Waals surface area (Å²) in [5.41, 5.74) is 0. The maximum Gasteiger partial charge on any atom is 0.220 e. The van der Waals surface area contributed by atoms with Crippen molar-refractivity contribution in [2.45, 2.75) is 180 Å². The Morgan fingerprint density at radius 1 is 0.568 bits per heavy atom. The van der Waals surface area contributed by atoms with Gasteiger partial charge in [-0.15, -0.1) is 0 Å². The van der Waals surface area contributed by atoms with Gasteiger partial charge >= 0.3 is 0 Å². The molecule has 1 amide bonds. The highest BCUT2D eigenvalue weighted by Gasteiger charge is 2.17. The van der Waals surface area contributed by atoms with Crippen molar-refractivity contribution in [3.63, 3.8) is 0 Å². The van der Waals surface area contributed by atoms with Crippen LogP contribution in [-0.4, -0.2) is 34.9 Å². The number of hydrogen-bond acceptors (Lipinski definition) is 3. The average molecular weight is 614 g/mol. The molecule has 44 heavy (non-hydrogen) atoms. The molecule has 0 saturated carbocycles. The van der Waals surface area contributed by atoms with E-state index in [2.05, 4.69) is 67.8 Å². The summed E-state index contributed by atoms with van der Waals surface area (Å²) in [5.74, 6) is -0.106. The van der Waals surface area contributed by atoms with E-state index in [-0.39, 0.29) is 12.5 Å². The van der Waals surface area contributed by atoms with Crippen molar-refractivity contribution < 1.29 is 15.0 Å². The maximum absolute atomic E-state index is 12.3. The summed E-state index contributed by atoms with van der Waals surface area (Å²) in [5, 5.41) is 22.8. The normalized spacial score (nSPS) is 13.8. The van der Waals surface area contributed by atoms with Crippen LogP contribution in [0, 0.1) is 0 Å². The molecule has 4 heteroatoms. The van der Waals surface area contributed by atoms with Crippen LogP contribution in [0.25, 0.3) is 0 Å². The molecule has 0 aliphatic heterocycles. The molecule has 0 aromatic heterocycles. The second kappa shape index (κ2) is 35.6. The molecule has 0 aliphatic carbocycles. The molecule has 0 saturated heterocycles. The number of amides is 1. The van der Waals surface area contributed by atoms with Crippen molar-refractivity contribution in [2.75, 3.05) is 6.61 Å². The zero-order valence-corrected chi connectivity index (χ0v) is 28.9. The summed E-state index contributed by atoms with van der Waals surface area (Å²) >= 11 is 0. The van der Waals surface area contributed by atoms with E-state index in [0.717, 1.165) is 64.2 Å². The minimum atomic E-state index is -0.874. The molecule has 0 rings (SSSR count). The molecule has 4 nitrogen and oxygen atoms in total. The predicted molar refractivity (Wildman–Crippen MR) is 193 cm³/mol. The van der Waals surface area contributed by atoms with Gasteiger partial charge in [0, 0.05) is 6.42 Å². The predicted octanol–water partition coefficient (Wildman–Crippen LogP) is 11.0. The van der Waals surface area contributed by atoms with Crippen molar-refractivity contribution in [3.05, 3.63) is 60.8 Å². The van der Waals surface area contributed by atoms with Crippen molar-refractivity contribution in [2.24, 2.45) is 0 Å². The fraction of sp³-hybridized carbons (Fsp3) is 0.725. The van der Waals surface area contributed by atoms with Crippen LogP contribution in [-0.2, 0) is 4.79 Å². The van der Waals surface area contributed by atoms with Crippen LogP contribution < -0.4 is 5.32 Å². The highest BCUT2D eigenvalue weighted by molar-refractivity contribution is 5.76. The van der Waals surface area contributed by atoms with Crippen molar-refractivity contribution in [1.82, 2.24) is 5.32 Å². The Morgan fingerprint density at radius 3 is 1.59 bits per heavy atom. The molecule has 0 aromatic rings. The Hall–Kier alpha value is -1.91. The highest BCUT2D eigenvalue weighted by Crippen LogP contribution is 2.13. The molecule has 3 N–H and O–H groups in total. The molecule has 2 unspecified atom stereocenters. The highest BCUT2D eigenvalue weighted by atomic mass is 16.3. The Kier molecular flexibility index (Phi) is 34.0. The monoisotopic (exact) mass is 614 g/mol. The standard InChI is InChI=1S/C40H71NO3/c1-3-5-7-9-11-13-15-17-18-19-20-21-22-24-25-27-29-31-33-35-39(43)38(37-42)41-40(44)36-34-32-30-28-26-23-16-14-12-10-8-6-4-2/h6,8,12,14,23,25-27,33,35,38-39,42-43H,3-5,7,9-11,13,15-22,24,28-32,34,36-37H2,1-2H3,(H,41,44)/b8-6-,14-12-,26-23-,27-25+,35-33+. The first-order valence-electron chi connectivity index (χ1n) is 18.5. The molecular weight excluding hydrogens is 542 g/mol. The first-order valence-corrected chi connectivity index (χ1v) is 18.5. The quantitative estimate of drug-likeness (QED) is 0.0522. The van der Waals surface area contributed by atoms with Gasteiger partial charge in [-0.05, 0) is 64.2 Å². The van der Waals surface area contributed by atoms with E-state index in [1.807, 2.05) is 6.08 Å². The van der Waals surface area contributed by atoms with Crippen molar-refractivity contribution in [1.29, 1.82) is 0 Å². The molecular formula is C40H71NO3. The van der Waals surface area contributed by atoms with Crippen LogP contribution in [0.3, 0.4) is 0 Å². The molecule has 254 valence electrons. The fourth-order valence-corrected chi connectivity index (χ4v) is 5.15. The zero-order valence-electron chi connectivity index (χ0n) is 28.9. The molecule has 0 spiro atoms. The van der Waals surface area contributed by atoms with Crippen molar-refractivity contribution >= 4 is 5.91 Å². The van der Waals surface area contributed by atoms with E-state index < -0.39 is 12.1 Å². The van der Waals surface area contributed by atoms with Crippen LogP contribution in [0.5, 0.6) is 0 Å². The number of rotatable bonds is 32. The van der Waals surface area contributed by atoms with E-state index in [9.17, 15) is 15.0 Å². The van der Waals surface area contributed by atoms with Gasteiger partial charge in [0.15, 0.2) is 0 Å². The number of hydrogen-bond donors (Lipinski definition) is 3. The first-order chi connectivity index (χ1) is 21.7. The number of aliphatic hydroxyl groups excluding tert-OH is 2. The summed E-state index contributed by atoms with van der Waals surface area (Å²) in [7, 11) is 0. The number of carbonyl (C=O) groups excluding carboxylic acids is 1. The number of unbranched alkanes of at least 4 members (excludes halogenated alkanes) is 17. The minimum absolute atomic E-state index is 0.106. The van der Waals surface area contributed by atoms with Gasteiger partial charge in [0.25, 0.3) is 0 Å². The summed E-state index contributed by atoms with van der Waals surface area (Å²) in [6.07, 6.45) is 48.8. The Labute approximate surface area is 273 Å². The number of nitrogens with one attached hydrogen (secondary N) is 1. The van der Waals surface area contributed by atoms with Gasteiger partial charge in [0.1, 0.15) is 0 Å². The largest absolute Gasteiger partial charge is 0.394 e. The summed E-state index contributed by atoms with van der Waals surface area (Å²) < 4.78 is 0. The van der Waals surface area contributed by atoms with E-state index in [0.29, 0.717) is 6.42 Å². The smallest absolute Gasteiger partial charge is 0.220 e. The zero-order chi connectivity index (χ0) is 32.2. The van der Waals surface area contributed by atoms with Gasteiger partial charge in [0.2, 0.25) is 5.91 Å². The van der Waals surface area contributed by atoms with Gasteiger partial charge in [-0.1, -0.05) is 158 Å². The third-order valence-electron chi connectivity index (χ3n) is 7.98. The van der Waals surface area contributed by atoms with Gasteiger partial charge in [0.05, 0.1) is 18.8 Å². The lowest BCUT2D eigenvalue weighted by Crippen LogP contribution is -2.45. The van der Waals surface area contributed by atoms with E-state index in [4.69, 9.17) is 0 Å². The fourth-order valence-electron chi connectivity index (χ4n) is 5.15. The second-order valence-electron chi connectivity index (χ2n) is 12.2. The third-order valence-corrected chi connectivity index (χ3v) is 7.98. The first kappa shape index (κ1) is 42.1. The lowest BCUT2D eigenvalue weighted by atomic mass is 10.0. The van der Waals surface area contributed by atoms with E-state index in [1.54, 1.807) is 6.08 Å². The second-order valence-corrected chi connectivity index (χ2v) is 12.2. The lowest BCUT2D eigenvalue weighted by molar-refractivity contribution is -0.123. The van der Waals surface area contributed by atoms with E-state index in [1.165, 1.54) is 83.5 Å². The molecule has 0 aliphatic rings. The number of aliphatic hydroxyl groups is 2. The molecule has 0 heterocycles. The van der Waals surface area contributed by atoms with Crippen LogP contribution in [0.15, 0.2) is 60.8 Å². The van der Waals surface area contributed by atoms with Gasteiger partial charge in [-0.25, -0.2) is 0 Å². The van der Waals surface area contributed by atoms with Crippen LogP contribution in [0.2, 0.25) is 0 Å². The maximum atomic E-state index is 12.3. The van der Waals surface area contributed by atoms with Crippen molar-refractivity contribution in [3.8, 4) is 0 Å². The minimum Gasteiger partial charge on any atom is -0.394 e. The van der Waals surface area contributed by atoms with Crippen LogP contribution >= 0.6 is 0 Å². The van der Waals surface area contributed by atoms with Gasteiger partial charge in [-0.2, -0.15) is 0 Å². The molecule has 0 aromatic carbocycles. The number of carbonyl (C=O) groups is 1. The van der Waals surface area contributed by atoms with Gasteiger partial charge < -0.3 is 15.5 Å². The Morgan fingerprint density at radius 2 is 1.02 bits per heavy atom. The van der Waals surface area contributed by atoms with E-state index >= 15 is 0 Å². The van der Waals surface area contributed by atoms with Crippen LogP contribution in [0.1, 0.15) is 168 Å². The molecule has 2 atom stereocenters. The lowest BCUT2D eigenvalue weighted by Gasteiger charge is -2.19. The van der Waals surface area contributed by atoms with Crippen LogP contribution in [0.4, 0.5) is 0 Å². The SMILES string of the molecule is CC/C=C\C/C=C\C/C=C\CCCCCC(=O)NC(CO)C(O)/C=C/CC/C=C/CCCCCCCCCCCCCCC. The third kappa shape index (κ3) is 31.5. The topological polar surface area (TPSA) is 69.6 Å². The summed E-state index contributed by atoms with van der Waals surface area (Å²) in [6.45, 7) is 4.15. The molecule has 0 fully saturated rings. The summed E-state index contributed by atoms with van der Waals surface area (Å²) in [6, 6.07) is -0.654. The molecule has 0 bridgehead atoms. The number of allylic oxidation sites excluding steroid dienone is 9. The average Bonchev–Trinajstić information content (AvgIpc) is 3.03. The van der Waals surface area contributed by atoms with Gasteiger partial charge in [-0.3, -0.25) is 4.79 Å². The Balaban J connectivity index is 3.72.